The molecule has 6 heteroatoms. The Bertz CT molecular complexity index is 637. The Labute approximate surface area is 115 Å². The normalized spacial score (nSPS) is 13.9. The highest BCUT2D eigenvalue weighted by atomic mass is 35.5. The molecule has 1 aromatic heterocycles. The number of rotatable bonds is 3. The number of nitrogens with zero attached hydrogens (tertiary/aromatic N) is 3. The van der Waals surface area contributed by atoms with E-state index in [0.717, 1.165) is 11.3 Å². The van der Waals surface area contributed by atoms with Gasteiger partial charge in [-0.1, -0.05) is 17.7 Å². The predicted octanol–water partition coefficient (Wildman–Crippen LogP) is 1.71. The molecular weight excluding hydrogens is 264 g/mol. The van der Waals surface area contributed by atoms with Crippen molar-refractivity contribution in [3.05, 3.63) is 41.2 Å². The molecule has 0 saturated carbocycles. The number of anilines is 2. The van der Waals surface area contributed by atoms with Crippen LogP contribution in [-0.2, 0) is 17.8 Å². The zero-order chi connectivity index (χ0) is 13.4. The van der Waals surface area contributed by atoms with E-state index in [1.165, 1.54) is 0 Å². The van der Waals surface area contributed by atoms with Gasteiger partial charge in [-0.2, -0.15) is 5.10 Å². The molecule has 0 bridgehead atoms. The molecule has 0 atom stereocenters. The van der Waals surface area contributed by atoms with Gasteiger partial charge in [-0.3, -0.25) is 9.48 Å². The molecule has 0 radical (unpaired) electrons. The summed E-state index contributed by atoms with van der Waals surface area (Å²) in [5.74, 6) is 0.0948. The number of carbonyl (C=O) groups excluding carboxylic acids is 1. The van der Waals surface area contributed by atoms with Crippen LogP contribution in [0.2, 0.25) is 5.02 Å². The molecule has 1 aromatic carbocycles. The summed E-state index contributed by atoms with van der Waals surface area (Å²) in [6, 6.07) is 5.55. The highest BCUT2D eigenvalue weighted by molar-refractivity contribution is 6.31. The van der Waals surface area contributed by atoms with Crippen molar-refractivity contribution in [3.8, 4) is 0 Å². The fraction of sp³-hybridized carbons (Fsp3) is 0.231. The summed E-state index contributed by atoms with van der Waals surface area (Å²) in [5.41, 5.74) is 8.15. The number of fused-ring (bicyclic) bond motifs is 1. The van der Waals surface area contributed by atoms with Crippen LogP contribution in [0.4, 0.5) is 11.4 Å². The van der Waals surface area contributed by atoms with Gasteiger partial charge in [0.05, 0.1) is 24.8 Å². The minimum atomic E-state index is 0.0948. The van der Waals surface area contributed by atoms with Crippen LogP contribution in [0, 0.1) is 0 Å². The van der Waals surface area contributed by atoms with Crippen LogP contribution in [0.15, 0.2) is 30.6 Å². The van der Waals surface area contributed by atoms with E-state index < -0.39 is 0 Å². The Balaban J connectivity index is 1.78. The molecule has 19 heavy (non-hydrogen) atoms. The van der Waals surface area contributed by atoms with Crippen molar-refractivity contribution in [1.29, 1.82) is 0 Å². The van der Waals surface area contributed by atoms with Gasteiger partial charge in [0.15, 0.2) is 0 Å². The van der Waals surface area contributed by atoms with Crippen LogP contribution < -0.4 is 10.6 Å². The summed E-state index contributed by atoms with van der Waals surface area (Å²) in [7, 11) is 0. The van der Waals surface area contributed by atoms with Crippen LogP contribution in [0.5, 0.6) is 0 Å². The van der Waals surface area contributed by atoms with Gasteiger partial charge in [-0.25, -0.2) is 0 Å². The molecule has 3 rings (SSSR count). The van der Waals surface area contributed by atoms with E-state index in [0.29, 0.717) is 30.2 Å². The van der Waals surface area contributed by atoms with E-state index >= 15 is 0 Å². The molecule has 1 aliphatic heterocycles. The molecule has 0 saturated heterocycles. The van der Waals surface area contributed by atoms with Crippen molar-refractivity contribution in [2.45, 2.75) is 13.0 Å². The van der Waals surface area contributed by atoms with Crippen LogP contribution in [0.25, 0.3) is 0 Å². The standard InChI is InChI=1S/C13H13ClN4O/c14-10-2-1-9-5-13(19)18(12(9)6-10)4-3-17-8-11(15)7-16-17/h1-2,6-8H,3-5,15H2. The molecule has 2 N–H and O–H groups in total. The van der Waals surface area contributed by atoms with Gasteiger partial charge in [-0.15, -0.1) is 0 Å². The number of amides is 1. The first kappa shape index (κ1) is 12.0. The number of benzene rings is 1. The zero-order valence-electron chi connectivity index (χ0n) is 10.2. The molecule has 0 unspecified atom stereocenters. The third-order valence-corrected chi connectivity index (χ3v) is 3.42. The summed E-state index contributed by atoms with van der Waals surface area (Å²) in [5, 5.41) is 4.74. The smallest absolute Gasteiger partial charge is 0.231 e. The summed E-state index contributed by atoms with van der Waals surface area (Å²) < 4.78 is 1.73. The van der Waals surface area contributed by atoms with E-state index in [2.05, 4.69) is 5.10 Å². The van der Waals surface area contributed by atoms with E-state index in [9.17, 15) is 4.79 Å². The predicted molar refractivity (Wildman–Crippen MR) is 74.1 cm³/mol. The number of nitrogens with two attached hydrogens (primary N) is 1. The molecule has 1 aliphatic rings. The number of aromatic nitrogens is 2. The number of hydrogen-bond acceptors (Lipinski definition) is 3. The highest BCUT2D eigenvalue weighted by Gasteiger charge is 2.26. The van der Waals surface area contributed by atoms with Gasteiger partial charge in [0, 0.05) is 23.5 Å². The Morgan fingerprint density at radius 1 is 1.37 bits per heavy atom. The quantitative estimate of drug-likeness (QED) is 0.928. The molecule has 1 amide bonds. The van der Waals surface area contributed by atoms with Crippen molar-refractivity contribution in [2.24, 2.45) is 0 Å². The fourth-order valence-electron chi connectivity index (χ4n) is 2.28. The molecular formula is C13H13ClN4O. The molecule has 0 aliphatic carbocycles. The molecule has 2 aromatic rings. The third kappa shape index (κ3) is 2.29. The van der Waals surface area contributed by atoms with Gasteiger partial charge >= 0.3 is 0 Å². The average Bonchev–Trinajstić information content (AvgIpc) is 2.90. The topological polar surface area (TPSA) is 64.2 Å². The Kier molecular flexibility index (Phi) is 2.91. The minimum Gasteiger partial charge on any atom is -0.396 e. The summed E-state index contributed by atoms with van der Waals surface area (Å²) in [6.45, 7) is 1.17. The summed E-state index contributed by atoms with van der Waals surface area (Å²) in [4.78, 5) is 13.7. The first-order chi connectivity index (χ1) is 9.13. The molecule has 0 spiro atoms. The number of halogens is 1. The van der Waals surface area contributed by atoms with E-state index in [-0.39, 0.29) is 5.91 Å². The van der Waals surface area contributed by atoms with Crippen LogP contribution in [0.1, 0.15) is 5.56 Å². The second-order valence-electron chi connectivity index (χ2n) is 4.53. The van der Waals surface area contributed by atoms with Crippen LogP contribution in [-0.4, -0.2) is 22.2 Å². The van der Waals surface area contributed by atoms with Crippen LogP contribution >= 0.6 is 11.6 Å². The van der Waals surface area contributed by atoms with Gasteiger partial charge in [-0.05, 0) is 17.7 Å². The van der Waals surface area contributed by atoms with E-state index in [1.54, 1.807) is 22.0 Å². The SMILES string of the molecule is Nc1cnn(CCN2C(=O)Cc3ccc(Cl)cc32)c1. The lowest BCUT2D eigenvalue weighted by Crippen LogP contribution is -2.30. The molecule has 98 valence electrons. The lowest BCUT2D eigenvalue weighted by atomic mass is 10.2. The summed E-state index contributed by atoms with van der Waals surface area (Å²) >= 11 is 5.98. The Morgan fingerprint density at radius 2 is 2.21 bits per heavy atom. The number of nitrogen functional groups attached to an aromatic ring is 1. The maximum Gasteiger partial charge on any atom is 0.231 e. The largest absolute Gasteiger partial charge is 0.396 e. The van der Waals surface area contributed by atoms with Crippen molar-refractivity contribution in [3.63, 3.8) is 0 Å². The van der Waals surface area contributed by atoms with Crippen molar-refractivity contribution in [1.82, 2.24) is 9.78 Å². The minimum absolute atomic E-state index is 0.0948. The molecule has 2 heterocycles. The lowest BCUT2D eigenvalue weighted by molar-refractivity contribution is -0.117. The van der Waals surface area contributed by atoms with Gasteiger partial charge < -0.3 is 10.6 Å². The maximum atomic E-state index is 12.0. The van der Waals surface area contributed by atoms with Crippen molar-refractivity contribution >= 4 is 28.9 Å². The highest BCUT2D eigenvalue weighted by Crippen LogP contribution is 2.31. The first-order valence-electron chi connectivity index (χ1n) is 6.00. The fourth-order valence-corrected chi connectivity index (χ4v) is 2.45. The number of hydrogen-bond donors (Lipinski definition) is 1. The Hall–Kier alpha value is -2.01. The van der Waals surface area contributed by atoms with Crippen molar-refractivity contribution in [2.75, 3.05) is 17.2 Å². The monoisotopic (exact) mass is 276 g/mol. The third-order valence-electron chi connectivity index (χ3n) is 3.19. The first-order valence-corrected chi connectivity index (χ1v) is 6.38. The number of carbonyl (C=O) groups is 1. The summed E-state index contributed by atoms with van der Waals surface area (Å²) in [6.07, 6.45) is 3.78. The second kappa shape index (κ2) is 4.59. The van der Waals surface area contributed by atoms with E-state index in [1.807, 2.05) is 18.2 Å². The lowest BCUT2D eigenvalue weighted by Gasteiger charge is -2.17. The second-order valence-corrected chi connectivity index (χ2v) is 4.97. The zero-order valence-corrected chi connectivity index (χ0v) is 11.0. The average molecular weight is 277 g/mol. The van der Waals surface area contributed by atoms with Gasteiger partial charge in [0.2, 0.25) is 5.91 Å². The van der Waals surface area contributed by atoms with Crippen molar-refractivity contribution < 1.29 is 4.79 Å². The van der Waals surface area contributed by atoms with E-state index in [4.69, 9.17) is 17.3 Å². The molecule has 5 nitrogen and oxygen atoms in total. The van der Waals surface area contributed by atoms with Crippen LogP contribution in [0.3, 0.4) is 0 Å². The maximum absolute atomic E-state index is 12.0. The Morgan fingerprint density at radius 3 is 2.95 bits per heavy atom. The van der Waals surface area contributed by atoms with Gasteiger partial charge in [0.1, 0.15) is 0 Å². The molecule has 0 fully saturated rings. The van der Waals surface area contributed by atoms with Gasteiger partial charge in [0.25, 0.3) is 0 Å².